The van der Waals surface area contributed by atoms with E-state index in [1.807, 2.05) is 6.07 Å². The zero-order valence-corrected chi connectivity index (χ0v) is 12.7. The van der Waals surface area contributed by atoms with Crippen molar-refractivity contribution in [1.29, 1.82) is 5.26 Å². The van der Waals surface area contributed by atoms with Gasteiger partial charge in [0.15, 0.2) is 6.10 Å². The molecule has 0 radical (unpaired) electrons. The SMILES string of the molecule is C[C@@H](C#N)C[C@@H](NC(=O)[C@H](O)c1ccc(C(F)(F)F)cc1)C(N)=O. The lowest BCUT2D eigenvalue weighted by atomic mass is 10.0. The topological polar surface area (TPSA) is 116 Å². The molecule has 1 rings (SSSR count). The second-order valence-electron chi connectivity index (χ2n) is 5.25. The molecule has 0 fully saturated rings. The minimum absolute atomic E-state index is 0.0443. The van der Waals surface area contributed by atoms with Crippen LogP contribution in [0.2, 0.25) is 0 Å². The molecule has 1 aromatic carbocycles. The van der Waals surface area contributed by atoms with Crippen LogP contribution in [-0.2, 0) is 15.8 Å². The van der Waals surface area contributed by atoms with E-state index in [-0.39, 0.29) is 12.0 Å². The lowest BCUT2D eigenvalue weighted by molar-refractivity contribution is -0.137. The first-order valence-electron chi connectivity index (χ1n) is 6.90. The van der Waals surface area contributed by atoms with Crippen molar-refractivity contribution in [3.63, 3.8) is 0 Å². The first-order chi connectivity index (χ1) is 11.1. The van der Waals surface area contributed by atoms with Crippen molar-refractivity contribution in [3.8, 4) is 6.07 Å². The van der Waals surface area contributed by atoms with Crippen molar-refractivity contribution < 1.29 is 27.9 Å². The predicted molar refractivity (Wildman–Crippen MR) is 76.9 cm³/mol. The molecule has 0 unspecified atom stereocenters. The number of hydrogen-bond donors (Lipinski definition) is 3. The molecule has 0 aliphatic heterocycles. The monoisotopic (exact) mass is 343 g/mol. The number of nitriles is 1. The summed E-state index contributed by atoms with van der Waals surface area (Å²) in [6.07, 6.45) is -6.35. The van der Waals surface area contributed by atoms with E-state index in [2.05, 4.69) is 5.32 Å². The smallest absolute Gasteiger partial charge is 0.378 e. The molecule has 0 spiro atoms. The van der Waals surface area contributed by atoms with Gasteiger partial charge in [-0.15, -0.1) is 0 Å². The van der Waals surface area contributed by atoms with Crippen molar-refractivity contribution in [2.45, 2.75) is 31.7 Å². The lowest BCUT2D eigenvalue weighted by Crippen LogP contribution is -2.46. The highest BCUT2D eigenvalue weighted by atomic mass is 19.4. The fraction of sp³-hybridized carbons (Fsp3) is 0.400. The van der Waals surface area contributed by atoms with Crippen molar-refractivity contribution in [2.24, 2.45) is 11.7 Å². The average molecular weight is 343 g/mol. The van der Waals surface area contributed by atoms with Gasteiger partial charge in [-0.1, -0.05) is 12.1 Å². The Bertz CT molecular complexity index is 638. The second kappa shape index (κ2) is 7.79. The maximum absolute atomic E-state index is 12.5. The third-order valence-electron chi connectivity index (χ3n) is 3.27. The van der Waals surface area contributed by atoms with Gasteiger partial charge in [0, 0.05) is 5.92 Å². The van der Waals surface area contributed by atoms with E-state index >= 15 is 0 Å². The Hall–Kier alpha value is -2.60. The van der Waals surface area contributed by atoms with Crippen LogP contribution in [0.4, 0.5) is 13.2 Å². The van der Waals surface area contributed by atoms with Crippen LogP contribution in [0.5, 0.6) is 0 Å². The van der Waals surface area contributed by atoms with Crippen LogP contribution in [0.15, 0.2) is 24.3 Å². The number of nitrogens with zero attached hydrogens (tertiary/aromatic N) is 1. The molecule has 0 aromatic heterocycles. The Kier molecular flexibility index (Phi) is 6.31. The highest BCUT2D eigenvalue weighted by Crippen LogP contribution is 2.30. The molecular weight excluding hydrogens is 327 g/mol. The molecule has 0 heterocycles. The van der Waals surface area contributed by atoms with E-state index in [4.69, 9.17) is 11.0 Å². The molecule has 0 saturated carbocycles. The van der Waals surface area contributed by atoms with Gasteiger partial charge in [-0.25, -0.2) is 0 Å². The molecule has 0 saturated heterocycles. The third-order valence-corrected chi connectivity index (χ3v) is 3.27. The third kappa shape index (κ3) is 5.24. The van der Waals surface area contributed by atoms with Gasteiger partial charge in [-0.05, 0) is 31.0 Å². The largest absolute Gasteiger partial charge is 0.416 e. The minimum Gasteiger partial charge on any atom is -0.378 e. The number of nitrogens with two attached hydrogens (primary N) is 1. The summed E-state index contributed by atoms with van der Waals surface area (Å²) in [5.74, 6) is -2.44. The lowest BCUT2D eigenvalue weighted by Gasteiger charge is -2.19. The van der Waals surface area contributed by atoms with Crippen LogP contribution in [0.25, 0.3) is 0 Å². The predicted octanol–water partition coefficient (Wildman–Crippen LogP) is 1.26. The van der Waals surface area contributed by atoms with Gasteiger partial charge in [0.25, 0.3) is 5.91 Å². The van der Waals surface area contributed by atoms with E-state index in [1.54, 1.807) is 0 Å². The molecule has 130 valence electrons. The van der Waals surface area contributed by atoms with Gasteiger partial charge in [0.1, 0.15) is 6.04 Å². The Labute approximate surface area is 136 Å². The molecule has 3 atom stereocenters. The minimum atomic E-state index is -4.53. The molecule has 24 heavy (non-hydrogen) atoms. The summed E-state index contributed by atoms with van der Waals surface area (Å²) in [4.78, 5) is 23.2. The maximum Gasteiger partial charge on any atom is 0.416 e. The standard InChI is InChI=1S/C15H16F3N3O3/c1-8(7-19)6-11(13(20)23)21-14(24)12(22)9-2-4-10(5-3-9)15(16,17)18/h2-5,8,11-12,22H,6H2,1H3,(H2,20,23)(H,21,24)/t8-,11-,12-/m1/s1. The van der Waals surface area contributed by atoms with Crippen molar-refractivity contribution >= 4 is 11.8 Å². The summed E-state index contributed by atoms with van der Waals surface area (Å²) in [6.45, 7) is 1.52. The fourth-order valence-corrected chi connectivity index (χ4v) is 1.91. The molecular formula is C15H16F3N3O3. The number of benzene rings is 1. The number of primary amides is 1. The Balaban J connectivity index is 2.83. The zero-order chi connectivity index (χ0) is 18.5. The Morgan fingerprint density at radius 1 is 1.33 bits per heavy atom. The Morgan fingerprint density at radius 2 is 1.88 bits per heavy atom. The first kappa shape index (κ1) is 19.4. The van der Waals surface area contributed by atoms with Gasteiger partial charge in [0.05, 0.1) is 11.6 Å². The number of nitrogens with one attached hydrogen (secondary N) is 1. The van der Waals surface area contributed by atoms with Gasteiger partial charge >= 0.3 is 6.18 Å². The summed E-state index contributed by atoms with van der Waals surface area (Å²) >= 11 is 0. The highest BCUT2D eigenvalue weighted by Gasteiger charge is 2.31. The van der Waals surface area contributed by atoms with Gasteiger partial charge in [-0.3, -0.25) is 9.59 Å². The number of hydrogen-bond acceptors (Lipinski definition) is 4. The molecule has 6 nitrogen and oxygen atoms in total. The summed E-state index contributed by atoms with van der Waals surface area (Å²) < 4.78 is 37.4. The number of aliphatic hydroxyl groups is 1. The van der Waals surface area contributed by atoms with E-state index in [1.165, 1.54) is 6.92 Å². The van der Waals surface area contributed by atoms with E-state index in [0.717, 1.165) is 24.3 Å². The summed E-state index contributed by atoms with van der Waals surface area (Å²) in [7, 11) is 0. The second-order valence-corrected chi connectivity index (χ2v) is 5.25. The molecule has 0 aliphatic carbocycles. The zero-order valence-electron chi connectivity index (χ0n) is 12.7. The number of carbonyl (C=O) groups is 2. The van der Waals surface area contributed by atoms with Crippen molar-refractivity contribution in [1.82, 2.24) is 5.32 Å². The van der Waals surface area contributed by atoms with E-state index in [0.29, 0.717) is 0 Å². The normalized spacial score (nSPS) is 15.0. The van der Waals surface area contributed by atoms with Crippen LogP contribution in [0.1, 0.15) is 30.6 Å². The van der Waals surface area contributed by atoms with Gasteiger partial charge in [-0.2, -0.15) is 18.4 Å². The van der Waals surface area contributed by atoms with Crippen LogP contribution < -0.4 is 11.1 Å². The van der Waals surface area contributed by atoms with Crippen LogP contribution >= 0.6 is 0 Å². The molecule has 9 heteroatoms. The summed E-state index contributed by atoms with van der Waals surface area (Å²) in [5.41, 5.74) is 4.13. The average Bonchev–Trinajstić information content (AvgIpc) is 2.52. The summed E-state index contributed by atoms with van der Waals surface area (Å²) in [6, 6.07) is 4.09. The molecule has 1 aromatic rings. The number of amides is 2. The Morgan fingerprint density at radius 3 is 2.29 bits per heavy atom. The highest BCUT2D eigenvalue weighted by molar-refractivity contribution is 5.89. The molecule has 2 amide bonds. The van der Waals surface area contributed by atoms with Gasteiger partial charge < -0.3 is 16.2 Å². The number of aliphatic hydroxyl groups excluding tert-OH is 1. The number of rotatable bonds is 6. The quantitative estimate of drug-likeness (QED) is 0.721. The number of alkyl halides is 3. The van der Waals surface area contributed by atoms with Crippen LogP contribution in [0, 0.1) is 17.2 Å². The first-order valence-corrected chi connectivity index (χ1v) is 6.90. The van der Waals surface area contributed by atoms with Crippen LogP contribution in [0.3, 0.4) is 0 Å². The number of halogens is 3. The molecule has 0 bridgehead atoms. The van der Waals surface area contributed by atoms with Crippen molar-refractivity contribution in [2.75, 3.05) is 0 Å². The van der Waals surface area contributed by atoms with Crippen LogP contribution in [-0.4, -0.2) is 23.0 Å². The summed E-state index contributed by atoms with van der Waals surface area (Å²) in [5, 5.41) is 20.8. The fourth-order valence-electron chi connectivity index (χ4n) is 1.91. The van der Waals surface area contributed by atoms with Crippen molar-refractivity contribution in [3.05, 3.63) is 35.4 Å². The van der Waals surface area contributed by atoms with E-state index in [9.17, 15) is 27.9 Å². The molecule has 4 N–H and O–H groups in total. The molecule has 0 aliphatic rings. The number of carbonyl (C=O) groups excluding carboxylic acids is 2. The van der Waals surface area contributed by atoms with E-state index < -0.39 is 41.6 Å². The van der Waals surface area contributed by atoms with Gasteiger partial charge in [0.2, 0.25) is 5.91 Å². The maximum atomic E-state index is 12.5.